The monoisotopic (exact) mass is 167 g/mol. The molecule has 0 bridgehead atoms. The van der Waals surface area contributed by atoms with Crippen LogP contribution in [0.25, 0.3) is 6.08 Å². The maximum Gasteiger partial charge on any atom is 0.175 e. The molecule has 0 amide bonds. The molecule has 1 aromatic rings. The van der Waals surface area contributed by atoms with Gasteiger partial charge in [0.25, 0.3) is 0 Å². The molecule has 0 aliphatic carbocycles. The molecule has 0 aliphatic rings. The normalized spacial score (nSPS) is 10.6. The summed E-state index contributed by atoms with van der Waals surface area (Å²) in [7, 11) is 0. The third-order valence-corrected chi connectivity index (χ3v) is 1.50. The Hall–Kier alpha value is -1.16. The van der Waals surface area contributed by atoms with Gasteiger partial charge in [0, 0.05) is 11.9 Å². The van der Waals surface area contributed by atoms with E-state index in [9.17, 15) is 0 Å². The second-order valence-corrected chi connectivity index (χ2v) is 2.52. The van der Waals surface area contributed by atoms with Crippen molar-refractivity contribution in [2.45, 2.75) is 6.92 Å². The fourth-order valence-electron chi connectivity index (χ4n) is 0.779. The van der Waals surface area contributed by atoms with Crippen molar-refractivity contribution >= 4 is 25.0 Å². The lowest BCUT2D eigenvalue weighted by Crippen LogP contribution is -1.74. The first kappa shape index (κ1) is 7.94. The maximum atomic E-state index is 4.88. The minimum atomic E-state index is 0.631. The number of nitrogens with one attached hydrogen (secondary N) is 2. The van der Waals surface area contributed by atoms with Crippen LogP contribution in [0.3, 0.4) is 0 Å². The summed E-state index contributed by atoms with van der Waals surface area (Å²) in [4.78, 5) is 9.51. The van der Waals surface area contributed by atoms with Crippen molar-refractivity contribution in [3.8, 4) is 0 Å². The molecule has 0 unspecified atom stereocenters. The number of H-pyrrole nitrogens is 2. The SMILES string of the molecule is C=N/C=C\c1[nH]c(=S)[nH]c1C. The highest BCUT2D eigenvalue weighted by Gasteiger charge is 1.93. The smallest absolute Gasteiger partial charge is 0.175 e. The Labute approximate surface area is 69.9 Å². The van der Waals surface area contributed by atoms with E-state index in [4.69, 9.17) is 12.2 Å². The molecule has 0 spiro atoms. The summed E-state index contributed by atoms with van der Waals surface area (Å²) in [6, 6.07) is 0. The van der Waals surface area contributed by atoms with E-state index < -0.39 is 0 Å². The number of aryl methyl sites for hydroxylation is 1. The van der Waals surface area contributed by atoms with E-state index >= 15 is 0 Å². The van der Waals surface area contributed by atoms with Crippen LogP contribution < -0.4 is 0 Å². The predicted molar refractivity (Wildman–Crippen MR) is 49.3 cm³/mol. The molecule has 58 valence electrons. The van der Waals surface area contributed by atoms with Gasteiger partial charge in [-0.25, -0.2) is 0 Å². The molecule has 0 atom stereocenters. The molecule has 0 aliphatic heterocycles. The summed E-state index contributed by atoms with van der Waals surface area (Å²) in [6.45, 7) is 5.26. The van der Waals surface area contributed by atoms with Gasteiger partial charge in [0.15, 0.2) is 4.77 Å². The van der Waals surface area contributed by atoms with Gasteiger partial charge in [-0.15, -0.1) is 0 Å². The van der Waals surface area contributed by atoms with Gasteiger partial charge in [-0.3, -0.25) is 4.99 Å². The molecule has 0 aromatic carbocycles. The molecule has 1 rings (SSSR count). The summed E-state index contributed by atoms with van der Waals surface area (Å²) in [5.74, 6) is 0. The molecule has 0 radical (unpaired) electrons. The first-order chi connectivity index (χ1) is 5.24. The minimum absolute atomic E-state index is 0.631. The number of hydrogen-bond donors (Lipinski definition) is 2. The predicted octanol–water partition coefficient (Wildman–Crippen LogP) is 2.05. The number of nitrogens with zero attached hydrogens (tertiary/aromatic N) is 1. The van der Waals surface area contributed by atoms with Gasteiger partial charge in [0.2, 0.25) is 0 Å². The molecule has 1 heterocycles. The van der Waals surface area contributed by atoms with Crippen molar-refractivity contribution in [3.63, 3.8) is 0 Å². The van der Waals surface area contributed by atoms with Gasteiger partial charge >= 0.3 is 0 Å². The highest BCUT2D eigenvalue weighted by atomic mass is 32.1. The molecule has 3 nitrogen and oxygen atoms in total. The van der Waals surface area contributed by atoms with Crippen LogP contribution in [0.4, 0.5) is 0 Å². The zero-order valence-corrected chi connectivity index (χ0v) is 7.03. The number of hydrogen-bond acceptors (Lipinski definition) is 2. The average Bonchev–Trinajstić information content (AvgIpc) is 2.26. The Morgan fingerprint density at radius 3 is 2.73 bits per heavy atom. The Balaban J connectivity index is 3.03. The Morgan fingerprint density at radius 1 is 1.55 bits per heavy atom. The van der Waals surface area contributed by atoms with Gasteiger partial charge in [0.1, 0.15) is 0 Å². The summed E-state index contributed by atoms with van der Waals surface area (Å²) >= 11 is 4.88. The average molecular weight is 167 g/mol. The zero-order chi connectivity index (χ0) is 8.27. The van der Waals surface area contributed by atoms with E-state index in [-0.39, 0.29) is 0 Å². The molecule has 11 heavy (non-hydrogen) atoms. The highest BCUT2D eigenvalue weighted by Crippen LogP contribution is 2.03. The lowest BCUT2D eigenvalue weighted by Gasteiger charge is -1.85. The third-order valence-electron chi connectivity index (χ3n) is 1.30. The van der Waals surface area contributed by atoms with Crippen LogP contribution in [0, 0.1) is 11.7 Å². The summed E-state index contributed by atoms with van der Waals surface area (Å²) in [5.41, 5.74) is 1.96. The van der Waals surface area contributed by atoms with E-state index in [1.165, 1.54) is 0 Å². The minimum Gasteiger partial charge on any atom is -0.334 e. The van der Waals surface area contributed by atoms with Crippen molar-refractivity contribution in [2.75, 3.05) is 0 Å². The molecule has 4 heteroatoms. The molecule has 1 aromatic heterocycles. The van der Waals surface area contributed by atoms with Crippen molar-refractivity contribution < 1.29 is 0 Å². The summed E-state index contributed by atoms with van der Waals surface area (Å²) in [6.07, 6.45) is 3.43. The van der Waals surface area contributed by atoms with E-state index in [0.717, 1.165) is 11.4 Å². The number of aliphatic imine (C=N–C) groups is 1. The Morgan fingerprint density at radius 2 is 2.27 bits per heavy atom. The van der Waals surface area contributed by atoms with Crippen molar-refractivity contribution in [2.24, 2.45) is 4.99 Å². The molecule has 0 fully saturated rings. The van der Waals surface area contributed by atoms with E-state index in [1.807, 2.05) is 13.0 Å². The molecular formula is C7H9N3S. The number of imidazole rings is 1. The van der Waals surface area contributed by atoms with Crippen LogP contribution in [0.15, 0.2) is 11.2 Å². The first-order valence-corrected chi connectivity index (χ1v) is 3.56. The van der Waals surface area contributed by atoms with Crippen molar-refractivity contribution in [3.05, 3.63) is 22.4 Å². The largest absolute Gasteiger partial charge is 0.334 e. The highest BCUT2D eigenvalue weighted by molar-refractivity contribution is 7.71. The van der Waals surface area contributed by atoms with Crippen LogP contribution in [0.2, 0.25) is 0 Å². The van der Waals surface area contributed by atoms with Crippen LogP contribution in [0.1, 0.15) is 11.4 Å². The fraction of sp³-hybridized carbons (Fsp3) is 0.143. The van der Waals surface area contributed by atoms with Crippen LogP contribution in [-0.4, -0.2) is 16.7 Å². The van der Waals surface area contributed by atoms with E-state index in [1.54, 1.807) is 6.20 Å². The standard InChI is InChI=1S/C7H9N3S/c1-5-6(3-4-8-2)10-7(11)9-5/h3-4H,2H2,1H3,(H2,9,10,11)/b4-3-. The number of aromatic amines is 2. The fourth-order valence-corrected chi connectivity index (χ4v) is 1.04. The topological polar surface area (TPSA) is 43.9 Å². The van der Waals surface area contributed by atoms with E-state index in [2.05, 4.69) is 21.7 Å². The summed E-state index contributed by atoms with van der Waals surface area (Å²) in [5, 5.41) is 0. The van der Waals surface area contributed by atoms with Gasteiger partial charge in [0.05, 0.1) is 5.69 Å². The van der Waals surface area contributed by atoms with Crippen molar-refractivity contribution in [1.29, 1.82) is 0 Å². The molecule has 0 saturated heterocycles. The summed E-state index contributed by atoms with van der Waals surface area (Å²) < 4.78 is 0.631. The van der Waals surface area contributed by atoms with Crippen LogP contribution >= 0.6 is 12.2 Å². The zero-order valence-electron chi connectivity index (χ0n) is 6.22. The van der Waals surface area contributed by atoms with Crippen LogP contribution in [0.5, 0.6) is 0 Å². The Kier molecular flexibility index (Phi) is 2.38. The molecular weight excluding hydrogens is 158 g/mol. The van der Waals surface area contributed by atoms with Crippen LogP contribution in [-0.2, 0) is 0 Å². The van der Waals surface area contributed by atoms with Gasteiger partial charge in [-0.2, -0.15) is 0 Å². The van der Waals surface area contributed by atoms with Gasteiger partial charge < -0.3 is 9.97 Å². The third kappa shape index (κ3) is 1.88. The van der Waals surface area contributed by atoms with Gasteiger partial charge in [-0.05, 0) is 31.9 Å². The lowest BCUT2D eigenvalue weighted by atomic mass is 10.3. The number of aromatic nitrogens is 2. The second-order valence-electron chi connectivity index (χ2n) is 2.12. The maximum absolute atomic E-state index is 4.88. The first-order valence-electron chi connectivity index (χ1n) is 3.15. The Bertz CT molecular complexity index is 332. The van der Waals surface area contributed by atoms with Crippen molar-refractivity contribution in [1.82, 2.24) is 9.97 Å². The second kappa shape index (κ2) is 3.30. The molecule has 2 N–H and O–H groups in total. The lowest BCUT2D eigenvalue weighted by molar-refractivity contribution is 1.22. The molecule has 0 saturated carbocycles. The van der Waals surface area contributed by atoms with E-state index in [0.29, 0.717) is 4.77 Å². The number of rotatable bonds is 2. The quantitative estimate of drug-likeness (QED) is 0.514. The van der Waals surface area contributed by atoms with Gasteiger partial charge in [-0.1, -0.05) is 0 Å².